The van der Waals surface area contributed by atoms with Crippen LogP contribution in [0.3, 0.4) is 0 Å². The third kappa shape index (κ3) is 4.64. The van der Waals surface area contributed by atoms with Crippen molar-refractivity contribution in [1.29, 1.82) is 0 Å². The lowest BCUT2D eigenvalue weighted by molar-refractivity contribution is -0.123. The van der Waals surface area contributed by atoms with E-state index in [4.69, 9.17) is 19.2 Å². The van der Waals surface area contributed by atoms with Crippen molar-refractivity contribution in [3.05, 3.63) is 57.9 Å². The minimum absolute atomic E-state index is 0.0766. The Morgan fingerprint density at radius 3 is 2.05 bits per heavy atom. The van der Waals surface area contributed by atoms with E-state index >= 15 is 0 Å². The molecule has 4 heterocycles. The van der Waals surface area contributed by atoms with E-state index in [1.165, 1.54) is 0 Å². The van der Waals surface area contributed by atoms with Crippen molar-refractivity contribution in [2.24, 2.45) is 5.41 Å². The molecule has 1 spiro atoms. The normalized spacial score (nSPS) is 29.9. The van der Waals surface area contributed by atoms with Crippen molar-refractivity contribution < 1.29 is 43.9 Å². The molecule has 2 unspecified atom stereocenters. The fraction of sp³-hybridized carbons (Fsp3) is 0.607. The van der Waals surface area contributed by atoms with Crippen molar-refractivity contribution >= 4 is 10.2 Å². The molecule has 2 saturated heterocycles. The molecule has 2 fully saturated rings. The molecule has 6 rings (SSSR count). The number of aliphatic hydroxyl groups excluding tert-OH is 2. The number of nitrogens with zero attached hydrogens (tertiary/aromatic N) is 1. The van der Waals surface area contributed by atoms with Crippen LogP contribution in [0.15, 0.2) is 29.2 Å². The van der Waals surface area contributed by atoms with Gasteiger partial charge in [-0.25, -0.2) is 0 Å². The summed E-state index contributed by atoms with van der Waals surface area (Å²) in [5.74, 6) is -0.0766. The molecule has 3 atom stereocenters. The van der Waals surface area contributed by atoms with Crippen molar-refractivity contribution in [1.82, 2.24) is 4.98 Å². The maximum Gasteiger partial charge on any atom is 0.310 e. The molecule has 1 aromatic carbocycles. The molecule has 0 saturated carbocycles. The Kier molecular flexibility index (Phi) is 6.09. The third-order valence-electron chi connectivity index (χ3n) is 8.98. The summed E-state index contributed by atoms with van der Waals surface area (Å²) >= 11 is 0. The molecule has 2 aromatic rings. The molecular formula is C28H34F5NO5S. The predicted octanol–water partition coefficient (Wildman–Crippen LogP) is 7.26. The van der Waals surface area contributed by atoms with Crippen LogP contribution in [0.25, 0.3) is 0 Å². The van der Waals surface area contributed by atoms with Crippen molar-refractivity contribution in [2.75, 3.05) is 26.4 Å². The molecule has 0 bridgehead atoms. The number of fused-ring (bicyclic) bond motifs is 4. The van der Waals surface area contributed by atoms with Gasteiger partial charge in [0.2, 0.25) is 0 Å². The lowest BCUT2D eigenvalue weighted by Gasteiger charge is -2.42. The van der Waals surface area contributed by atoms with Crippen LogP contribution in [0, 0.1) is 5.41 Å². The summed E-state index contributed by atoms with van der Waals surface area (Å²) in [5.41, 5.74) is 1.63. The molecule has 222 valence electrons. The molecule has 0 radical (unpaired) electrons. The Morgan fingerprint density at radius 2 is 1.45 bits per heavy atom. The van der Waals surface area contributed by atoms with E-state index in [2.05, 4.69) is 0 Å². The quantitative estimate of drug-likeness (QED) is 0.366. The lowest BCUT2D eigenvalue weighted by atomic mass is 9.68. The van der Waals surface area contributed by atoms with Gasteiger partial charge in [-0.1, -0.05) is 45.4 Å². The van der Waals surface area contributed by atoms with Gasteiger partial charge in [-0.15, -0.1) is 0 Å². The number of rotatable bonds is 3. The summed E-state index contributed by atoms with van der Waals surface area (Å²) in [5, 5.41) is 22.9. The van der Waals surface area contributed by atoms with E-state index in [0.717, 1.165) is 12.1 Å². The van der Waals surface area contributed by atoms with Crippen LogP contribution < -0.4 is 0 Å². The fourth-order valence-corrected chi connectivity index (χ4v) is 7.52. The first-order valence-corrected chi connectivity index (χ1v) is 15.6. The number of hydrogen-bond donors (Lipinski definition) is 2. The van der Waals surface area contributed by atoms with Gasteiger partial charge in [0, 0.05) is 56.3 Å². The van der Waals surface area contributed by atoms with Gasteiger partial charge in [-0.2, -0.15) is 0 Å². The maximum absolute atomic E-state index is 13.5. The van der Waals surface area contributed by atoms with Gasteiger partial charge < -0.3 is 24.4 Å². The van der Waals surface area contributed by atoms with Crippen LogP contribution in [0.1, 0.15) is 104 Å². The second-order valence-corrected chi connectivity index (χ2v) is 14.6. The number of ether oxygens (including phenoxy) is 3. The second kappa shape index (κ2) is 8.61. The predicted molar refractivity (Wildman–Crippen MR) is 138 cm³/mol. The maximum atomic E-state index is 13.5. The summed E-state index contributed by atoms with van der Waals surface area (Å²) in [4.78, 5) is 3.04. The Bertz CT molecular complexity index is 1320. The Labute approximate surface area is 229 Å². The summed E-state index contributed by atoms with van der Waals surface area (Å²) in [6.45, 7) is 5.47. The van der Waals surface area contributed by atoms with Crippen molar-refractivity contribution in [3.8, 4) is 0 Å². The molecule has 12 heteroatoms. The number of hydrogen-bond acceptors (Lipinski definition) is 6. The van der Waals surface area contributed by atoms with Gasteiger partial charge in [0.05, 0.1) is 23.1 Å². The smallest absolute Gasteiger partial charge is 0.310 e. The molecule has 4 aliphatic rings. The highest BCUT2D eigenvalue weighted by molar-refractivity contribution is 8.45. The van der Waals surface area contributed by atoms with Crippen LogP contribution in [0.2, 0.25) is 0 Å². The van der Waals surface area contributed by atoms with Gasteiger partial charge in [0.1, 0.15) is 17.1 Å². The number of halogens is 5. The highest BCUT2D eigenvalue weighted by Crippen LogP contribution is 3.02. The molecule has 0 amide bonds. The van der Waals surface area contributed by atoms with Gasteiger partial charge in [0.15, 0.2) is 0 Å². The molecule has 1 aromatic heterocycles. The average Bonchev–Trinajstić information content (AvgIpc) is 3.20. The Balaban J connectivity index is 1.60. The monoisotopic (exact) mass is 591 g/mol. The van der Waals surface area contributed by atoms with Gasteiger partial charge >= 0.3 is 10.2 Å². The van der Waals surface area contributed by atoms with E-state index in [9.17, 15) is 29.6 Å². The molecule has 3 aliphatic heterocycles. The van der Waals surface area contributed by atoms with Crippen molar-refractivity contribution in [3.63, 3.8) is 0 Å². The van der Waals surface area contributed by atoms with E-state index in [1.54, 1.807) is 0 Å². The second-order valence-electron chi connectivity index (χ2n) is 12.2. The summed E-state index contributed by atoms with van der Waals surface area (Å²) < 4.78 is 85.5. The largest absolute Gasteiger partial charge is 0.388 e. The zero-order chi connectivity index (χ0) is 28.8. The number of benzene rings is 1. The number of aromatic nitrogens is 1. The first-order chi connectivity index (χ1) is 18.5. The zero-order valence-corrected chi connectivity index (χ0v) is 23.2. The fourth-order valence-electron chi connectivity index (χ4n) is 6.86. The summed E-state index contributed by atoms with van der Waals surface area (Å²) in [7, 11) is -9.86. The van der Waals surface area contributed by atoms with Crippen LogP contribution in [-0.4, -0.2) is 41.6 Å². The molecule has 2 N–H and O–H groups in total. The average molecular weight is 592 g/mol. The van der Waals surface area contributed by atoms with E-state index in [1.807, 2.05) is 13.8 Å². The van der Waals surface area contributed by atoms with Crippen molar-refractivity contribution in [2.45, 2.75) is 80.7 Å². The minimum atomic E-state index is -9.86. The van der Waals surface area contributed by atoms with Crippen LogP contribution in [0.5, 0.6) is 0 Å². The first kappa shape index (κ1) is 28.3. The topological polar surface area (TPSA) is 81.0 Å². The SMILES string of the molecule is CC1(C)CC(O)c2c(nc(C3CCOCC3)c3c2C2(CCOCC2)OC3c2ccc(S(F)(F)(F)(F)F)cc2)[C@@H]1O. The van der Waals surface area contributed by atoms with Gasteiger partial charge in [-0.05, 0) is 47.9 Å². The van der Waals surface area contributed by atoms with E-state index < -0.39 is 44.4 Å². The van der Waals surface area contributed by atoms with Crippen LogP contribution in [-0.2, 0) is 19.8 Å². The molecular weight excluding hydrogens is 557 g/mol. The molecule has 6 nitrogen and oxygen atoms in total. The van der Waals surface area contributed by atoms with Crippen LogP contribution in [0.4, 0.5) is 19.4 Å². The lowest BCUT2D eigenvalue weighted by Crippen LogP contribution is -2.38. The molecule has 40 heavy (non-hydrogen) atoms. The molecule has 1 aliphatic carbocycles. The minimum Gasteiger partial charge on any atom is -0.388 e. The Hall–Kier alpha value is -1.83. The Morgan fingerprint density at radius 1 is 0.850 bits per heavy atom. The van der Waals surface area contributed by atoms with Crippen LogP contribution >= 0.6 is 10.2 Å². The number of pyridine rings is 1. The van der Waals surface area contributed by atoms with Gasteiger partial charge in [0.25, 0.3) is 0 Å². The third-order valence-corrected chi connectivity index (χ3v) is 10.1. The standard InChI is InChI=1S/C28H34F5NO5S/c1-27(2)15-19(35)20-22-21(23(34-24(20)26(27)36)16-7-11-37-12-8-16)25(39-28(22)9-13-38-14-10-28)17-3-5-18(6-4-17)40(29,30,31,32)33/h3-6,16,19,25-26,35-36H,7-15H2,1-2H3/t19?,25?,26-/m0/s1. The van der Waals surface area contributed by atoms with Gasteiger partial charge in [-0.3, -0.25) is 4.98 Å². The zero-order valence-electron chi connectivity index (χ0n) is 22.3. The summed E-state index contributed by atoms with van der Waals surface area (Å²) in [6.07, 6.45) is -0.374. The number of aliphatic hydroxyl groups is 2. The highest BCUT2D eigenvalue weighted by atomic mass is 32.5. The highest BCUT2D eigenvalue weighted by Gasteiger charge is 2.65. The van der Waals surface area contributed by atoms with E-state index in [0.29, 0.717) is 92.3 Å². The van der Waals surface area contributed by atoms with E-state index in [-0.39, 0.29) is 17.9 Å². The first-order valence-electron chi connectivity index (χ1n) is 13.6. The summed E-state index contributed by atoms with van der Waals surface area (Å²) in [6, 6.07) is 2.91.